The highest BCUT2D eigenvalue weighted by Gasteiger charge is 2.34. The SMILES string of the molecule is O=C1CN(C(=O)c2cc(Br)ccc2Cl)[C@@H](c2ccccc2)c2cc(F)ccc2N1. The van der Waals surface area contributed by atoms with Crippen molar-refractivity contribution in [2.45, 2.75) is 6.04 Å². The summed E-state index contributed by atoms with van der Waals surface area (Å²) in [7, 11) is 0. The molecule has 0 spiro atoms. The summed E-state index contributed by atoms with van der Waals surface area (Å²) in [6, 6.07) is 17.7. The highest BCUT2D eigenvalue weighted by atomic mass is 79.9. The molecule has 29 heavy (non-hydrogen) atoms. The molecule has 3 aromatic carbocycles. The second-order valence-corrected chi connectivity index (χ2v) is 7.97. The third-order valence-corrected chi connectivity index (χ3v) is 5.57. The minimum Gasteiger partial charge on any atom is -0.324 e. The molecule has 0 saturated carbocycles. The zero-order chi connectivity index (χ0) is 20.5. The first-order valence-electron chi connectivity index (χ1n) is 8.84. The highest BCUT2D eigenvalue weighted by Crippen LogP contribution is 2.37. The molecule has 0 saturated heterocycles. The van der Waals surface area contributed by atoms with Gasteiger partial charge in [0.1, 0.15) is 12.4 Å². The predicted molar refractivity (Wildman–Crippen MR) is 114 cm³/mol. The van der Waals surface area contributed by atoms with Gasteiger partial charge in [0.2, 0.25) is 5.91 Å². The van der Waals surface area contributed by atoms with E-state index in [9.17, 15) is 14.0 Å². The van der Waals surface area contributed by atoms with E-state index in [0.29, 0.717) is 15.7 Å². The maximum absolute atomic E-state index is 14.1. The third-order valence-electron chi connectivity index (χ3n) is 4.74. The normalized spacial score (nSPS) is 16.0. The first-order valence-corrected chi connectivity index (χ1v) is 10.0. The average molecular weight is 474 g/mol. The fourth-order valence-corrected chi connectivity index (χ4v) is 4.04. The molecule has 146 valence electrons. The monoisotopic (exact) mass is 472 g/mol. The first-order chi connectivity index (χ1) is 13.9. The lowest BCUT2D eigenvalue weighted by molar-refractivity contribution is -0.117. The number of amides is 2. The zero-order valence-corrected chi connectivity index (χ0v) is 17.4. The van der Waals surface area contributed by atoms with Gasteiger partial charge in [-0.3, -0.25) is 9.59 Å². The summed E-state index contributed by atoms with van der Waals surface area (Å²) in [6.45, 7) is -0.197. The Labute approximate surface area is 180 Å². The highest BCUT2D eigenvalue weighted by molar-refractivity contribution is 9.10. The molecule has 2 amide bonds. The smallest absolute Gasteiger partial charge is 0.256 e. The van der Waals surface area contributed by atoms with Crippen LogP contribution in [0.1, 0.15) is 27.5 Å². The van der Waals surface area contributed by atoms with Crippen molar-refractivity contribution in [2.75, 3.05) is 11.9 Å². The van der Waals surface area contributed by atoms with E-state index in [-0.39, 0.29) is 23.0 Å². The molecule has 0 fully saturated rings. The van der Waals surface area contributed by atoms with Gasteiger partial charge in [-0.25, -0.2) is 4.39 Å². The van der Waals surface area contributed by atoms with Crippen molar-refractivity contribution < 1.29 is 14.0 Å². The van der Waals surface area contributed by atoms with Crippen LogP contribution in [0.5, 0.6) is 0 Å². The van der Waals surface area contributed by atoms with Crippen molar-refractivity contribution in [3.05, 3.63) is 98.7 Å². The van der Waals surface area contributed by atoms with Gasteiger partial charge in [-0.2, -0.15) is 0 Å². The van der Waals surface area contributed by atoms with E-state index in [0.717, 1.165) is 5.56 Å². The second kappa shape index (κ2) is 7.97. The summed E-state index contributed by atoms with van der Waals surface area (Å²) in [5, 5.41) is 3.04. The maximum Gasteiger partial charge on any atom is 0.256 e. The topological polar surface area (TPSA) is 49.4 Å². The van der Waals surface area contributed by atoms with Crippen LogP contribution in [0.15, 0.2) is 71.2 Å². The lowest BCUT2D eigenvalue weighted by Gasteiger charge is -2.31. The van der Waals surface area contributed by atoms with Gasteiger partial charge in [0.25, 0.3) is 5.91 Å². The Kier molecular flexibility index (Phi) is 5.39. The summed E-state index contributed by atoms with van der Waals surface area (Å²) in [4.78, 5) is 27.5. The van der Waals surface area contributed by atoms with Crippen molar-refractivity contribution in [1.29, 1.82) is 0 Å². The van der Waals surface area contributed by atoms with Gasteiger partial charge in [-0.1, -0.05) is 57.9 Å². The van der Waals surface area contributed by atoms with Gasteiger partial charge in [-0.15, -0.1) is 0 Å². The molecule has 1 N–H and O–H groups in total. The fraction of sp³-hybridized carbons (Fsp3) is 0.0909. The minimum atomic E-state index is -0.664. The molecule has 7 heteroatoms. The fourth-order valence-electron chi connectivity index (χ4n) is 3.48. The van der Waals surface area contributed by atoms with Crippen molar-refractivity contribution in [2.24, 2.45) is 0 Å². The lowest BCUT2D eigenvalue weighted by atomic mass is 9.95. The number of carbonyl (C=O) groups is 2. The maximum atomic E-state index is 14.1. The van der Waals surface area contributed by atoms with Crippen molar-refractivity contribution >= 4 is 45.0 Å². The Bertz CT molecular complexity index is 1110. The molecule has 1 aliphatic heterocycles. The number of rotatable bonds is 2. The van der Waals surface area contributed by atoms with Crippen LogP contribution < -0.4 is 5.32 Å². The molecule has 3 aromatic rings. The molecule has 1 atom stereocenters. The van der Waals surface area contributed by atoms with Crippen molar-refractivity contribution in [1.82, 2.24) is 4.90 Å². The van der Waals surface area contributed by atoms with Crippen LogP contribution in [-0.2, 0) is 4.79 Å². The Balaban J connectivity index is 1.91. The molecule has 0 radical (unpaired) electrons. The number of anilines is 1. The van der Waals surface area contributed by atoms with Crippen LogP contribution in [0.25, 0.3) is 0 Å². The number of halogens is 3. The molecule has 0 bridgehead atoms. The molecule has 0 aromatic heterocycles. The lowest BCUT2D eigenvalue weighted by Crippen LogP contribution is -2.39. The van der Waals surface area contributed by atoms with Gasteiger partial charge < -0.3 is 10.2 Å². The number of hydrogen-bond donors (Lipinski definition) is 1. The summed E-state index contributed by atoms with van der Waals surface area (Å²) in [5.41, 5.74) is 1.99. The number of benzene rings is 3. The number of carbonyl (C=O) groups excluding carboxylic acids is 2. The molecule has 4 nitrogen and oxygen atoms in total. The summed E-state index contributed by atoms with van der Waals surface area (Å²) < 4.78 is 14.8. The molecule has 0 unspecified atom stereocenters. The molecular weight excluding hydrogens is 459 g/mol. The molecular formula is C22H15BrClFN2O2. The van der Waals surface area contributed by atoms with Crippen LogP contribution in [0.3, 0.4) is 0 Å². The Hall–Kier alpha value is -2.70. The van der Waals surface area contributed by atoms with E-state index in [4.69, 9.17) is 11.6 Å². The first kappa shape index (κ1) is 19.6. The predicted octanol–water partition coefficient (Wildman–Crippen LogP) is 5.43. The number of nitrogens with zero attached hydrogens (tertiary/aromatic N) is 1. The van der Waals surface area contributed by atoms with Crippen LogP contribution in [0.2, 0.25) is 5.02 Å². The van der Waals surface area contributed by atoms with E-state index < -0.39 is 17.8 Å². The quantitative estimate of drug-likeness (QED) is 0.540. The van der Waals surface area contributed by atoms with Gasteiger partial charge >= 0.3 is 0 Å². The summed E-state index contributed by atoms with van der Waals surface area (Å²) in [6.07, 6.45) is 0. The molecule has 0 aliphatic carbocycles. The second-order valence-electron chi connectivity index (χ2n) is 6.65. The molecule has 4 rings (SSSR count). The van der Waals surface area contributed by atoms with Crippen LogP contribution in [-0.4, -0.2) is 23.3 Å². The van der Waals surface area contributed by atoms with Gasteiger partial charge in [-0.05, 0) is 42.0 Å². The van der Waals surface area contributed by atoms with Gasteiger partial charge in [0.05, 0.1) is 16.6 Å². The average Bonchev–Trinajstić information content (AvgIpc) is 2.85. The molecule has 1 aliphatic rings. The summed E-state index contributed by atoms with van der Waals surface area (Å²) >= 11 is 9.63. The number of fused-ring (bicyclic) bond motifs is 1. The third kappa shape index (κ3) is 3.91. The van der Waals surface area contributed by atoms with Crippen LogP contribution in [0.4, 0.5) is 10.1 Å². The van der Waals surface area contributed by atoms with Crippen molar-refractivity contribution in [3.8, 4) is 0 Å². The summed E-state index contributed by atoms with van der Waals surface area (Å²) in [5.74, 6) is -1.23. The Morgan fingerprint density at radius 1 is 1.10 bits per heavy atom. The van der Waals surface area contributed by atoms with Crippen molar-refractivity contribution in [3.63, 3.8) is 0 Å². The van der Waals surface area contributed by atoms with Gasteiger partial charge in [0, 0.05) is 15.7 Å². The van der Waals surface area contributed by atoms with E-state index >= 15 is 0 Å². The zero-order valence-electron chi connectivity index (χ0n) is 15.0. The van der Waals surface area contributed by atoms with E-state index in [1.807, 2.05) is 30.3 Å². The number of hydrogen-bond acceptors (Lipinski definition) is 2. The van der Waals surface area contributed by atoms with E-state index in [1.165, 1.54) is 23.1 Å². The standard InChI is InChI=1S/C22H15BrClFN2O2/c23-14-6-8-18(24)16(10-14)22(29)27-12-20(28)26-19-9-7-15(25)11-17(19)21(27)13-4-2-1-3-5-13/h1-11,21H,12H2,(H,26,28)/t21-/m0/s1. The van der Waals surface area contributed by atoms with Gasteiger partial charge in [0.15, 0.2) is 0 Å². The van der Waals surface area contributed by atoms with E-state index in [1.54, 1.807) is 18.2 Å². The number of nitrogens with one attached hydrogen (secondary N) is 1. The van der Waals surface area contributed by atoms with Crippen LogP contribution >= 0.6 is 27.5 Å². The minimum absolute atomic E-state index is 0.197. The largest absolute Gasteiger partial charge is 0.324 e. The Morgan fingerprint density at radius 2 is 1.86 bits per heavy atom. The van der Waals surface area contributed by atoms with Crippen LogP contribution in [0, 0.1) is 5.82 Å². The molecule has 1 heterocycles. The Morgan fingerprint density at radius 3 is 2.62 bits per heavy atom. The van der Waals surface area contributed by atoms with E-state index in [2.05, 4.69) is 21.2 Å².